The Morgan fingerprint density at radius 2 is 0.623 bits per heavy atom. The maximum atomic E-state index is 13.0. The molecule has 8 N–H and O–H groups in total. The van der Waals surface area contributed by atoms with Crippen molar-refractivity contribution in [3.8, 4) is 53.1 Å². The lowest BCUT2D eigenvalue weighted by Crippen LogP contribution is -2.17. The number of nitrogens with zero attached hydrogens (tertiary/aromatic N) is 17. The quantitative estimate of drug-likeness (QED) is 0.0143. The smallest absolute Gasteiger partial charge is 0.481 e. The first-order chi connectivity index (χ1) is 65.8. The third-order valence-electron chi connectivity index (χ3n) is 16.9. The number of hydrogen-bond acceptors (Lipinski definition) is 35. The largest absolute Gasteiger partial charge is 0.573 e. The van der Waals surface area contributed by atoms with Gasteiger partial charge < -0.3 is 79.8 Å². The highest BCUT2D eigenvalue weighted by molar-refractivity contribution is 7.13. The third kappa shape index (κ3) is 42.6. The third-order valence-corrected chi connectivity index (χ3v) is 18.6. The molecule has 8 aromatic heterocycles. The molecule has 5 aromatic carbocycles. The van der Waals surface area contributed by atoms with E-state index >= 15 is 0 Å². The summed E-state index contributed by atoms with van der Waals surface area (Å²) in [6.07, 6.45) is 6.73. The predicted octanol–water partition coefficient (Wildman–Crippen LogP) is 24.9. The molecule has 0 spiro atoms. The molecular weight excluding hydrogens is 1920 g/mol. The molecule has 2 fully saturated rings. The van der Waals surface area contributed by atoms with Crippen LogP contribution in [0, 0.1) is 17.5 Å². The Kier molecular flexibility index (Phi) is 43.4. The minimum absolute atomic E-state index is 0.00959. The zero-order chi connectivity index (χ0) is 99.8. The lowest BCUT2D eigenvalue weighted by Gasteiger charge is -2.14. The Morgan fingerprint density at radius 1 is 0.326 bits per heavy atom. The molecule has 15 rings (SSSR count). The second-order valence-electron chi connectivity index (χ2n) is 31.4. The van der Waals surface area contributed by atoms with Gasteiger partial charge in [-0.25, -0.2) is 38.1 Å². The fourth-order valence-corrected chi connectivity index (χ4v) is 13.0. The molecule has 0 radical (unpaired) electrons. The molecule has 0 aliphatic heterocycles. The van der Waals surface area contributed by atoms with Gasteiger partial charge in [0.1, 0.15) is 43.8 Å². The number of halogens is 11. The van der Waals surface area contributed by atoms with Crippen LogP contribution >= 0.6 is 69.3 Å². The van der Waals surface area contributed by atoms with Gasteiger partial charge in [-0.05, 0) is 243 Å². The van der Waals surface area contributed by atoms with E-state index in [4.69, 9.17) is 95.9 Å². The van der Waals surface area contributed by atoms with E-state index in [1.165, 1.54) is 135 Å². The van der Waals surface area contributed by atoms with Gasteiger partial charge in [0.05, 0.1) is 55.9 Å². The minimum atomic E-state index is -4.73. The number of methoxy groups -OCH3 is 1. The Hall–Kier alpha value is -13.2. The van der Waals surface area contributed by atoms with E-state index in [0.717, 1.165) is 10.8 Å². The molecule has 736 valence electrons. The Balaban J connectivity index is 0.000000181. The molecule has 0 amide bonds. The average molecular weight is 2030 g/mol. The normalized spacial score (nSPS) is 12.2. The van der Waals surface area contributed by atoms with Crippen LogP contribution < -0.4 is 85.2 Å². The number of nitrogens with one attached hydrogen (secondary N) is 8. The number of rotatable bonds is 32. The molecule has 34 nitrogen and oxygen atoms in total. The number of benzene rings is 5. The summed E-state index contributed by atoms with van der Waals surface area (Å²) in [6, 6.07) is 41.3. The molecule has 2 saturated carbocycles. The number of alkyl halides is 3. The average Bonchev–Trinajstić information content (AvgIpc) is 0.915. The molecule has 138 heavy (non-hydrogen) atoms. The fraction of sp³-hybridized carbons (Fsp3) is 0.359. The van der Waals surface area contributed by atoms with Crippen LogP contribution in [0.4, 0.5) is 107 Å². The van der Waals surface area contributed by atoms with Crippen molar-refractivity contribution in [2.45, 2.75) is 209 Å². The van der Waals surface area contributed by atoms with Gasteiger partial charge in [-0.15, -0.1) is 24.5 Å². The van der Waals surface area contributed by atoms with E-state index in [-0.39, 0.29) is 111 Å². The van der Waals surface area contributed by atoms with Crippen LogP contribution in [-0.2, 0) is 0 Å². The first kappa shape index (κ1) is 108. The maximum Gasteiger partial charge on any atom is 0.573 e. The molecule has 2 aliphatic carbocycles. The lowest BCUT2D eigenvalue weighted by atomic mass is 10.2. The summed E-state index contributed by atoms with van der Waals surface area (Å²) < 4.78 is 122. The van der Waals surface area contributed by atoms with Crippen molar-refractivity contribution in [2.24, 2.45) is 0 Å². The number of ether oxygens (including phenoxy) is 9. The Morgan fingerprint density at radius 3 is 0.957 bits per heavy atom. The maximum absolute atomic E-state index is 13.0. The number of hydrogen-bond donors (Lipinski definition) is 8. The highest BCUT2D eigenvalue weighted by Crippen LogP contribution is 2.32. The Bertz CT molecular complexity index is 5700. The monoisotopic (exact) mass is 2030 g/mol. The Labute approximate surface area is 823 Å². The van der Waals surface area contributed by atoms with E-state index in [0.29, 0.717) is 110 Å². The van der Waals surface area contributed by atoms with Crippen molar-refractivity contribution < 1.29 is 69.0 Å². The summed E-state index contributed by atoms with van der Waals surface area (Å²) in [5.74, 6) is 4.17. The number of para-hydroxylation sites is 1. The first-order valence-corrected chi connectivity index (χ1v) is 46.2. The highest BCUT2D eigenvalue weighted by Gasteiger charge is 2.31. The number of aromatic nitrogens is 17. The molecule has 0 atom stereocenters. The lowest BCUT2D eigenvalue weighted by molar-refractivity contribution is -0.274. The zero-order valence-electron chi connectivity index (χ0n) is 77.9. The van der Waals surface area contributed by atoms with Crippen molar-refractivity contribution in [2.75, 3.05) is 49.6 Å². The first-order valence-electron chi connectivity index (χ1n) is 43.5. The van der Waals surface area contributed by atoms with Crippen LogP contribution in [0.25, 0.3) is 0 Å². The molecule has 0 unspecified atom stereocenters. The van der Waals surface area contributed by atoms with Gasteiger partial charge in [-0.2, -0.15) is 59.8 Å². The van der Waals surface area contributed by atoms with E-state index in [2.05, 4.69) is 132 Å². The second-order valence-corrected chi connectivity index (χ2v) is 34.2. The molecule has 2 aliphatic rings. The molecule has 0 saturated heterocycles. The summed E-state index contributed by atoms with van der Waals surface area (Å²) >= 11 is 31.0. The van der Waals surface area contributed by atoms with Crippen molar-refractivity contribution in [1.29, 1.82) is 0 Å². The van der Waals surface area contributed by atoms with Crippen LogP contribution in [0.5, 0.6) is 53.1 Å². The minimum Gasteiger partial charge on any atom is -0.481 e. The number of anilines is 14. The zero-order valence-corrected chi connectivity index (χ0v) is 82.5. The number of thiazole rings is 1. The summed E-state index contributed by atoms with van der Waals surface area (Å²) in [5.41, 5.74) is 3.23. The van der Waals surface area contributed by atoms with Gasteiger partial charge in [0.25, 0.3) is 0 Å². The van der Waals surface area contributed by atoms with Crippen LogP contribution in [0.1, 0.15) is 148 Å². The van der Waals surface area contributed by atoms with Gasteiger partial charge in [-0.1, -0.05) is 90.3 Å². The van der Waals surface area contributed by atoms with Gasteiger partial charge in [-0.3, -0.25) is 5.32 Å². The van der Waals surface area contributed by atoms with Gasteiger partial charge >= 0.3 is 18.4 Å². The summed E-state index contributed by atoms with van der Waals surface area (Å²) in [5, 5.41) is 28.3. The van der Waals surface area contributed by atoms with Crippen molar-refractivity contribution in [3.05, 3.63) is 213 Å². The molecule has 0 bridgehead atoms. The summed E-state index contributed by atoms with van der Waals surface area (Å²) in [6.45, 7) is 26.6. The predicted molar refractivity (Wildman–Crippen MR) is 524 cm³/mol. The fourth-order valence-electron chi connectivity index (χ4n) is 11.7. The van der Waals surface area contributed by atoms with E-state index < -0.39 is 6.36 Å². The molecule has 46 heteroatoms. The molecular formula is C92H106Cl5F6N25O9S. The van der Waals surface area contributed by atoms with Gasteiger partial charge in [0.15, 0.2) is 5.13 Å². The van der Waals surface area contributed by atoms with Crippen LogP contribution in [0.15, 0.2) is 169 Å². The van der Waals surface area contributed by atoms with Gasteiger partial charge in [0, 0.05) is 76.4 Å². The van der Waals surface area contributed by atoms with Gasteiger partial charge in [0.2, 0.25) is 88.2 Å². The molecule has 8 heterocycles. The van der Waals surface area contributed by atoms with Crippen molar-refractivity contribution >= 4 is 150 Å². The van der Waals surface area contributed by atoms with E-state index in [9.17, 15) is 26.3 Å². The van der Waals surface area contributed by atoms with Crippen molar-refractivity contribution in [1.82, 2.24) is 84.7 Å². The van der Waals surface area contributed by atoms with Crippen LogP contribution in [0.3, 0.4) is 0 Å². The molecule has 13 aromatic rings. The van der Waals surface area contributed by atoms with Crippen molar-refractivity contribution in [3.63, 3.8) is 0 Å². The second kappa shape index (κ2) is 55.2. The topological polar surface area (TPSA) is 398 Å². The summed E-state index contributed by atoms with van der Waals surface area (Å²) in [7, 11) is 1.55. The summed E-state index contributed by atoms with van der Waals surface area (Å²) in [4.78, 5) is 70.4. The van der Waals surface area contributed by atoms with Crippen LogP contribution in [0.2, 0.25) is 25.9 Å². The SMILES string of the molecule is CC(C)Oc1cc(Cl)nc(NC2CCCC2)n1.CC(C)Oc1cc(Cl)nc(NC2CCCC2)n1.CC(C)Oc1cc(Cl)nc(Nc2ccc(F)cc2)n1.CC(C)Oc1cc(Cl)nc(Nc2ccc(OC(F)(F)F)cc2)n1.CC(C)Oc1nc(Cl)nc(Nc2ccccc2)n1.CC(C)Oc1nc(Nc2ccc(F)cc2)nc(Nc2ccc(F)cc2)n1.COc1cc(OC(C)C)nc(Nc2nccs2)n1. The van der Waals surface area contributed by atoms with E-state index in [1.807, 2.05) is 133 Å². The highest BCUT2D eigenvalue weighted by atomic mass is 35.5. The van der Waals surface area contributed by atoms with E-state index in [1.54, 1.807) is 67.9 Å². The van der Waals surface area contributed by atoms with Crippen LogP contribution in [-0.4, -0.2) is 153 Å². The standard InChI is InChI=1S/C18H17F2N5O.C14H13ClF3N3O2.C13H13ClFN3O.C12H13ClN4O.2C12H18ClN3O.C11H14N4O2S/c1-11(2)26-18-24-16(21-14-7-3-12(19)4-8-14)23-17(25-18)22-15-9-5-13(20)6-10-15;1-8(2)22-12-7-11(15)20-13(21-12)19-9-3-5-10(6-4-9)23-14(16,17)18;1-8(2)19-12-7-11(14)17-13(18-12)16-10-5-3-9(15)4-6-10;1-8(2)18-12-16-10(13)15-11(17-12)14-9-6-4-3-5-7-9;2*1-8(2)17-11-7-10(13)15-12(16-11)14-9-5-3-4-6-9;1-7(2)17-9-6-8(16-3)13-10(14-9)15-11-12-4-5-18-11/h3-11H,1-2H3,(H2,21,22,23,24,25);3-8H,1-2H3,(H,19,20,21);3-8H,1-2H3,(H,16,17,18);3-8H,1-2H3,(H,14,15,16,17);2*7-9H,3-6H2,1-2H3,(H,14,15,16);4-7H,1-3H3,(H,12,13,14,15).